The molecule has 0 aromatic heterocycles. The predicted octanol–water partition coefficient (Wildman–Crippen LogP) is 1.80. The number of carbonyl (C=O) groups is 1. The number of carboxylic acids is 1. The summed E-state index contributed by atoms with van der Waals surface area (Å²) < 4.78 is 0. The molecule has 0 saturated heterocycles. The number of aliphatic carboxylic acids is 1. The summed E-state index contributed by atoms with van der Waals surface area (Å²) in [6.45, 7) is 0.291. The second-order valence-electron chi connectivity index (χ2n) is 3.34. The molecule has 0 bridgehead atoms. The summed E-state index contributed by atoms with van der Waals surface area (Å²) in [7, 11) is 0. The SMILES string of the molecule is O=C(O)CCCCCCCCCO.[Na]. The van der Waals surface area contributed by atoms with Crippen molar-refractivity contribution in [2.75, 3.05) is 6.61 Å². The minimum absolute atomic E-state index is 0. The second kappa shape index (κ2) is 13.4. The molecule has 0 amide bonds. The molecule has 79 valence electrons. The fourth-order valence-electron chi connectivity index (χ4n) is 1.27. The van der Waals surface area contributed by atoms with Crippen LogP contribution in [-0.2, 0) is 4.79 Å². The number of aliphatic hydroxyl groups excluding tert-OH is 1. The van der Waals surface area contributed by atoms with Gasteiger partial charge in [-0.15, -0.1) is 0 Å². The molecule has 2 N–H and O–H groups in total. The number of unbranched alkanes of at least 4 members (excludes halogenated alkanes) is 6. The molecule has 1 radical (unpaired) electrons. The molecule has 0 heterocycles. The Labute approximate surface area is 108 Å². The van der Waals surface area contributed by atoms with Gasteiger partial charge < -0.3 is 10.2 Å². The van der Waals surface area contributed by atoms with Gasteiger partial charge in [-0.3, -0.25) is 4.79 Å². The van der Waals surface area contributed by atoms with Crippen LogP contribution < -0.4 is 0 Å². The summed E-state index contributed by atoms with van der Waals surface area (Å²) >= 11 is 0. The summed E-state index contributed by atoms with van der Waals surface area (Å²) in [5.41, 5.74) is 0. The molecule has 0 saturated carbocycles. The molecule has 3 nitrogen and oxygen atoms in total. The first-order valence-corrected chi connectivity index (χ1v) is 5.10. The van der Waals surface area contributed by atoms with E-state index in [1.807, 2.05) is 0 Å². The van der Waals surface area contributed by atoms with Gasteiger partial charge in [-0.25, -0.2) is 0 Å². The third kappa shape index (κ3) is 14.9. The van der Waals surface area contributed by atoms with Gasteiger partial charge in [0, 0.05) is 42.6 Å². The Balaban J connectivity index is 0. The molecule has 0 aliphatic heterocycles. The topological polar surface area (TPSA) is 57.5 Å². The van der Waals surface area contributed by atoms with E-state index in [-0.39, 0.29) is 29.6 Å². The van der Waals surface area contributed by atoms with Crippen molar-refractivity contribution in [3.63, 3.8) is 0 Å². The molecule has 0 atom stereocenters. The van der Waals surface area contributed by atoms with Crippen molar-refractivity contribution in [1.82, 2.24) is 0 Å². The van der Waals surface area contributed by atoms with E-state index in [1.54, 1.807) is 0 Å². The average Bonchev–Trinajstić information content (AvgIpc) is 2.09. The molecule has 0 aromatic carbocycles. The summed E-state index contributed by atoms with van der Waals surface area (Å²) in [5.74, 6) is -0.694. The minimum atomic E-state index is -0.694. The number of hydrogen-bond acceptors (Lipinski definition) is 2. The summed E-state index contributed by atoms with van der Waals surface area (Å²) in [6.07, 6.45) is 7.56. The third-order valence-electron chi connectivity index (χ3n) is 2.05. The maximum atomic E-state index is 10.1. The molecule has 0 fully saturated rings. The van der Waals surface area contributed by atoms with Gasteiger partial charge in [0.2, 0.25) is 0 Å². The third-order valence-corrected chi connectivity index (χ3v) is 2.05. The normalized spacial score (nSPS) is 9.50. The molecule has 0 unspecified atom stereocenters. The Bertz CT molecular complexity index is 129. The minimum Gasteiger partial charge on any atom is -0.481 e. The van der Waals surface area contributed by atoms with Gasteiger partial charge >= 0.3 is 5.97 Å². The van der Waals surface area contributed by atoms with E-state index in [2.05, 4.69) is 0 Å². The Morgan fingerprint density at radius 2 is 1.29 bits per heavy atom. The van der Waals surface area contributed by atoms with Gasteiger partial charge in [0.15, 0.2) is 0 Å². The Morgan fingerprint density at radius 1 is 0.857 bits per heavy atom. The van der Waals surface area contributed by atoms with Gasteiger partial charge in [0.25, 0.3) is 0 Å². The van der Waals surface area contributed by atoms with Crippen LogP contribution >= 0.6 is 0 Å². The predicted molar refractivity (Wildman–Crippen MR) is 57.4 cm³/mol. The van der Waals surface area contributed by atoms with Crippen LogP contribution in [-0.4, -0.2) is 52.3 Å². The van der Waals surface area contributed by atoms with Crippen molar-refractivity contribution in [2.24, 2.45) is 0 Å². The van der Waals surface area contributed by atoms with Crippen LogP contribution in [0, 0.1) is 0 Å². The quantitative estimate of drug-likeness (QED) is 0.451. The van der Waals surface area contributed by atoms with Crippen molar-refractivity contribution in [2.45, 2.75) is 51.4 Å². The van der Waals surface area contributed by atoms with E-state index in [1.165, 1.54) is 6.42 Å². The maximum absolute atomic E-state index is 10.1. The standard InChI is InChI=1S/C10H20O3.Na/c11-9-7-5-3-1-2-4-6-8-10(12)13;/h11H,1-9H2,(H,12,13);. The van der Waals surface area contributed by atoms with E-state index < -0.39 is 5.97 Å². The Morgan fingerprint density at radius 3 is 1.71 bits per heavy atom. The molecular weight excluding hydrogens is 191 g/mol. The average molecular weight is 211 g/mol. The molecule has 0 aliphatic carbocycles. The van der Waals surface area contributed by atoms with Crippen LogP contribution in [0.25, 0.3) is 0 Å². The van der Waals surface area contributed by atoms with E-state index in [9.17, 15) is 4.79 Å². The van der Waals surface area contributed by atoms with Crippen LogP contribution in [0.4, 0.5) is 0 Å². The van der Waals surface area contributed by atoms with Gasteiger partial charge in [-0.05, 0) is 12.8 Å². The van der Waals surface area contributed by atoms with Crippen LogP contribution in [0.15, 0.2) is 0 Å². The first kappa shape index (κ1) is 16.8. The molecular formula is C10H20NaO3. The summed E-state index contributed by atoms with van der Waals surface area (Å²) in [5, 5.41) is 16.9. The van der Waals surface area contributed by atoms with Gasteiger partial charge in [-0.2, -0.15) is 0 Å². The van der Waals surface area contributed by atoms with Gasteiger partial charge in [0.1, 0.15) is 0 Å². The van der Waals surface area contributed by atoms with E-state index in [4.69, 9.17) is 10.2 Å². The summed E-state index contributed by atoms with van der Waals surface area (Å²) in [4.78, 5) is 10.1. The molecule has 0 aromatic rings. The van der Waals surface area contributed by atoms with E-state index >= 15 is 0 Å². The zero-order valence-electron chi connectivity index (χ0n) is 9.17. The van der Waals surface area contributed by atoms with E-state index in [0.717, 1.165) is 38.5 Å². The van der Waals surface area contributed by atoms with Crippen LogP contribution in [0.5, 0.6) is 0 Å². The van der Waals surface area contributed by atoms with Crippen LogP contribution in [0.2, 0.25) is 0 Å². The van der Waals surface area contributed by atoms with Crippen molar-refractivity contribution in [1.29, 1.82) is 0 Å². The monoisotopic (exact) mass is 211 g/mol. The van der Waals surface area contributed by atoms with Crippen LogP contribution in [0.1, 0.15) is 51.4 Å². The van der Waals surface area contributed by atoms with Crippen LogP contribution in [0.3, 0.4) is 0 Å². The van der Waals surface area contributed by atoms with E-state index in [0.29, 0.717) is 13.0 Å². The number of rotatable bonds is 9. The Kier molecular flexibility index (Phi) is 16.2. The first-order valence-electron chi connectivity index (χ1n) is 5.10. The van der Waals surface area contributed by atoms with Crippen molar-refractivity contribution < 1.29 is 15.0 Å². The Hall–Kier alpha value is 0.430. The largest absolute Gasteiger partial charge is 0.481 e. The zero-order chi connectivity index (χ0) is 9.94. The maximum Gasteiger partial charge on any atom is 0.303 e. The zero-order valence-corrected chi connectivity index (χ0v) is 11.2. The van der Waals surface area contributed by atoms with Crippen molar-refractivity contribution in [3.8, 4) is 0 Å². The smallest absolute Gasteiger partial charge is 0.303 e. The number of aliphatic hydroxyl groups is 1. The number of carboxylic acid groups (broad SMARTS) is 1. The van der Waals surface area contributed by atoms with Crippen molar-refractivity contribution >= 4 is 35.5 Å². The molecule has 0 spiro atoms. The first-order chi connectivity index (χ1) is 6.27. The number of hydrogen-bond donors (Lipinski definition) is 2. The summed E-state index contributed by atoms with van der Waals surface area (Å²) in [6, 6.07) is 0. The molecule has 0 aliphatic rings. The molecule has 14 heavy (non-hydrogen) atoms. The second-order valence-corrected chi connectivity index (χ2v) is 3.34. The van der Waals surface area contributed by atoms with Gasteiger partial charge in [-0.1, -0.05) is 32.1 Å². The fraction of sp³-hybridized carbons (Fsp3) is 0.900. The molecule has 0 rings (SSSR count). The molecule has 4 heteroatoms. The van der Waals surface area contributed by atoms with Crippen molar-refractivity contribution in [3.05, 3.63) is 0 Å². The van der Waals surface area contributed by atoms with Gasteiger partial charge in [0.05, 0.1) is 0 Å². The fourth-order valence-corrected chi connectivity index (χ4v) is 1.27.